The second-order valence-corrected chi connectivity index (χ2v) is 4.82. The summed E-state index contributed by atoms with van der Waals surface area (Å²) in [5, 5.41) is 0. The number of rotatable bonds is 3. The van der Waals surface area contributed by atoms with Gasteiger partial charge in [0.1, 0.15) is 0 Å². The van der Waals surface area contributed by atoms with Gasteiger partial charge in [-0.05, 0) is 0 Å². The Hall–Kier alpha value is -0.710. The Labute approximate surface area is 69.8 Å². The molecule has 0 atom stereocenters. The van der Waals surface area contributed by atoms with Crippen LogP contribution in [0.2, 0.25) is 0 Å². The molecule has 0 bridgehead atoms. The third-order valence-corrected chi connectivity index (χ3v) is 3.63. The van der Waals surface area contributed by atoms with Crippen LogP contribution >= 0.6 is 0 Å². The first-order chi connectivity index (χ1) is 5.44. The van der Waals surface area contributed by atoms with E-state index in [9.17, 15) is 38.2 Å². The summed E-state index contributed by atoms with van der Waals surface area (Å²) in [5.41, 5.74) is 0. The summed E-state index contributed by atoms with van der Waals surface area (Å²) in [5.74, 6) is 0. The summed E-state index contributed by atoms with van der Waals surface area (Å²) in [7, 11) is -13.8. The molecule has 78 valence electrons. The molecule has 5 nitrogen and oxygen atoms in total. The van der Waals surface area contributed by atoms with Gasteiger partial charge in [0.2, 0.25) is 0 Å². The Kier molecular flexibility index (Phi) is 2.75. The summed E-state index contributed by atoms with van der Waals surface area (Å²) in [4.78, 5) is 9.48. The van der Waals surface area contributed by atoms with Crippen molar-refractivity contribution in [1.82, 2.24) is 0 Å². The predicted molar refractivity (Wildman–Crippen MR) is 30.0 cm³/mol. The fraction of sp³-hybridized carbons (Fsp3) is 0.500. The van der Waals surface area contributed by atoms with Gasteiger partial charge in [-0.25, -0.2) is 0 Å². The average molecular weight is 244 g/mol. The number of carbonyl (C=O) groups is 1. The number of hydrogen-bond donors (Lipinski definition) is 0. The third-order valence-electron chi connectivity index (χ3n) is 0.862. The largest absolute Gasteiger partial charge is 0.454 e. The lowest BCUT2D eigenvalue weighted by atomic mass is 10.8. The van der Waals surface area contributed by atoms with Gasteiger partial charge in [0.25, 0.3) is 0 Å². The highest BCUT2D eigenvalue weighted by molar-refractivity contribution is 8.06. The van der Waals surface area contributed by atoms with E-state index in [1.54, 1.807) is 0 Å². The van der Waals surface area contributed by atoms with Crippen molar-refractivity contribution in [2.75, 3.05) is 0 Å². The van der Waals surface area contributed by atoms with Crippen molar-refractivity contribution in [3.05, 3.63) is 0 Å². The molecule has 0 aromatic rings. The predicted octanol–water partition coefficient (Wildman–Crippen LogP) is -0.296. The molecule has 13 heavy (non-hydrogen) atoms. The van der Waals surface area contributed by atoms with E-state index in [0.717, 1.165) is 0 Å². The van der Waals surface area contributed by atoms with E-state index in [4.69, 9.17) is 0 Å². The van der Waals surface area contributed by atoms with E-state index >= 15 is 0 Å². The molecule has 0 fully saturated rings. The van der Waals surface area contributed by atoms with Gasteiger partial charge in [0, 0.05) is 0 Å². The van der Waals surface area contributed by atoms with Gasteiger partial charge >= 0.3 is 30.8 Å². The smallest absolute Gasteiger partial charge is 0.255 e. The van der Waals surface area contributed by atoms with Crippen molar-refractivity contribution in [2.24, 2.45) is 0 Å². The molecular formula is C2F4O5S2. The quantitative estimate of drug-likeness (QED) is 0.502. The van der Waals surface area contributed by atoms with Crippen LogP contribution in [0.5, 0.6) is 0 Å². The molecule has 0 spiro atoms. The molecule has 11 heteroatoms. The molecule has 0 rings (SSSR count). The van der Waals surface area contributed by atoms with Crippen LogP contribution in [0.4, 0.5) is 16.6 Å². The Balaban J connectivity index is 5.96. The van der Waals surface area contributed by atoms with Gasteiger partial charge in [0.15, 0.2) is 0 Å². The van der Waals surface area contributed by atoms with E-state index in [2.05, 4.69) is 0 Å². The molecule has 0 aromatic carbocycles. The topological polar surface area (TPSA) is 85.3 Å². The van der Waals surface area contributed by atoms with Gasteiger partial charge in [0.05, 0.1) is 0 Å². The lowest BCUT2D eigenvalue weighted by molar-refractivity contribution is -0.133. The summed E-state index contributed by atoms with van der Waals surface area (Å²) < 4.78 is 79.8. The molecule has 0 saturated carbocycles. The van der Waals surface area contributed by atoms with Crippen LogP contribution in [0.15, 0.2) is 0 Å². The van der Waals surface area contributed by atoms with Gasteiger partial charge in [-0.1, -0.05) is 0 Å². The van der Waals surface area contributed by atoms with Gasteiger partial charge < -0.3 is 0 Å². The summed E-state index contributed by atoms with van der Waals surface area (Å²) >= 11 is 0. The van der Waals surface area contributed by atoms with Crippen LogP contribution in [0.25, 0.3) is 0 Å². The van der Waals surface area contributed by atoms with Crippen LogP contribution in [-0.4, -0.2) is 27.2 Å². The lowest BCUT2D eigenvalue weighted by Crippen LogP contribution is -2.43. The maximum absolute atomic E-state index is 12.3. The van der Waals surface area contributed by atoms with Crippen LogP contribution in [0.1, 0.15) is 0 Å². The van der Waals surface area contributed by atoms with Crippen LogP contribution in [0.3, 0.4) is 0 Å². The second-order valence-electron chi connectivity index (χ2n) is 1.69. The zero-order valence-electron chi connectivity index (χ0n) is 5.37. The summed E-state index contributed by atoms with van der Waals surface area (Å²) in [6, 6.07) is -3.81. The van der Waals surface area contributed by atoms with E-state index in [-0.39, 0.29) is 0 Å². The molecule has 0 saturated heterocycles. The van der Waals surface area contributed by atoms with E-state index in [0.29, 0.717) is 0 Å². The lowest BCUT2D eigenvalue weighted by Gasteiger charge is -2.08. The van der Waals surface area contributed by atoms with Gasteiger partial charge in [-0.2, -0.15) is 25.6 Å². The Morgan fingerprint density at radius 1 is 1.00 bits per heavy atom. The minimum absolute atomic E-state index is 3.81. The number of halogens is 4. The highest BCUT2D eigenvalue weighted by Gasteiger charge is 2.66. The maximum Gasteiger partial charge on any atom is 0.454 e. The average Bonchev–Trinajstić information content (AvgIpc) is 1.80. The Bertz CT molecular complexity index is 387. The molecule has 0 aliphatic heterocycles. The molecule has 0 aliphatic rings. The fourth-order valence-electron chi connectivity index (χ4n) is 0.311. The van der Waals surface area contributed by atoms with E-state index in [1.165, 1.54) is 0 Å². The van der Waals surface area contributed by atoms with Crippen molar-refractivity contribution in [1.29, 1.82) is 0 Å². The van der Waals surface area contributed by atoms with E-state index in [1.807, 2.05) is 0 Å². The first-order valence-electron chi connectivity index (χ1n) is 2.22. The molecule has 0 aromatic heterocycles. The molecule has 0 amide bonds. The summed E-state index contributed by atoms with van der Waals surface area (Å²) in [6.07, 6.45) is 0. The van der Waals surface area contributed by atoms with Crippen molar-refractivity contribution in [2.45, 2.75) is 4.33 Å². The highest BCUT2D eigenvalue weighted by Crippen LogP contribution is 2.31. The van der Waals surface area contributed by atoms with E-state index < -0.39 is 30.8 Å². The first-order valence-corrected chi connectivity index (χ1v) is 4.98. The molecule has 0 unspecified atom stereocenters. The number of alkyl halides is 1. The Morgan fingerprint density at radius 2 is 1.23 bits per heavy atom. The van der Waals surface area contributed by atoms with Gasteiger partial charge in [-0.3, -0.25) is 4.79 Å². The van der Waals surface area contributed by atoms with Crippen LogP contribution in [-0.2, 0) is 25.2 Å². The highest BCUT2D eigenvalue weighted by atomic mass is 32.3. The number of hydrogen-bond acceptors (Lipinski definition) is 5. The monoisotopic (exact) mass is 244 g/mol. The third kappa shape index (κ3) is 1.80. The molecule has 0 aliphatic carbocycles. The molecule has 0 radical (unpaired) electrons. The minimum Gasteiger partial charge on any atom is -0.255 e. The Morgan fingerprint density at radius 3 is 1.23 bits per heavy atom. The van der Waals surface area contributed by atoms with Gasteiger partial charge in [-0.15, -0.1) is 7.77 Å². The minimum atomic E-state index is -6.88. The maximum atomic E-state index is 12.3. The van der Waals surface area contributed by atoms with Crippen molar-refractivity contribution >= 4 is 26.5 Å². The SMILES string of the molecule is O=C(F)C(F)(S(=O)(=O)F)S(=O)(=O)F. The van der Waals surface area contributed by atoms with Crippen molar-refractivity contribution < 1.29 is 38.2 Å². The van der Waals surface area contributed by atoms with Crippen LogP contribution in [0, 0.1) is 0 Å². The molecular weight excluding hydrogens is 244 g/mol. The molecule has 0 heterocycles. The zero-order chi connectivity index (χ0) is 11.1. The van der Waals surface area contributed by atoms with Crippen molar-refractivity contribution in [3.63, 3.8) is 0 Å². The fourth-order valence-corrected chi connectivity index (χ4v) is 1.65. The standard InChI is InChI=1S/C2F4O5S2/c3-1(7)2(4,12(5,8)9)13(6,10)11. The second kappa shape index (κ2) is 2.90. The number of carbonyl (C=O) groups excluding carboxylic acids is 1. The first kappa shape index (κ1) is 12.3. The normalized spacial score (nSPS) is 14.2. The zero-order valence-corrected chi connectivity index (χ0v) is 7.00. The molecule has 0 N–H and O–H groups in total. The van der Waals surface area contributed by atoms with Crippen LogP contribution < -0.4 is 0 Å². The summed E-state index contributed by atoms with van der Waals surface area (Å²) in [6.45, 7) is 0. The van der Waals surface area contributed by atoms with Crippen molar-refractivity contribution in [3.8, 4) is 0 Å².